The first kappa shape index (κ1) is 16.0. The maximum Gasteiger partial charge on any atom is 0.330 e. The molecule has 0 aromatic carbocycles. The molecular weight excluding hydrogens is 268 g/mol. The maximum absolute atomic E-state index is 12.4. The summed E-state index contributed by atoms with van der Waals surface area (Å²) in [5, 5.41) is 2.33. The standard InChI is InChI=1S/C16H26N2O3/c1-4-11-5-7-12(8-6-11)9-18-15(20)13(10(2)3)14(19)17-16(18)21/h10-13H,4-9H2,1-3H3,(H,17,19,21). The number of rotatable bonds is 4. The van der Waals surface area contributed by atoms with Crippen molar-refractivity contribution in [1.29, 1.82) is 0 Å². The molecule has 2 fully saturated rings. The molecule has 2 rings (SSSR count). The van der Waals surface area contributed by atoms with Crippen LogP contribution in [0.25, 0.3) is 0 Å². The molecule has 1 saturated carbocycles. The van der Waals surface area contributed by atoms with Crippen LogP contribution in [0.3, 0.4) is 0 Å². The van der Waals surface area contributed by atoms with Gasteiger partial charge >= 0.3 is 6.03 Å². The quantitative estimate of drug-likeness (QED) is 0.810. The van der Waals surface area contributed by atoms with Crippen molar-refractivity contribution in [2.24, 2.45) is 23.7 Å². The van der Waals surface area contributed by atoms with Gasteiger partial charge in [0.2, 0.25) is 11.8 Å². The fourth-order valence-electron chi connectivity index (χ4n) is 3.47. The molecule has 1 aliphatic heterocycles. The third-order valence-electron chi connectivity index (χ3n) is 4.94. The molecule has 5 heteroatoms. The highest BCUT2D eigenvalue weighted by Crippen LogP contribution is 2.32. The molecule has 0 aromatic heterocycles. The molecule has 1 heterocycles. The summed E-state index contributed by atoms with van der Waals surface area (Å²) in [6, 6.07) is -0.542. The Kier molecular flexibility index (Phi) is 5.01. The van der Waals surface area contributed by atoms with Crippen LogP contribution in [0.4, 0.5) is 4.79 Å². The number of hydrogen-bond acceptors (Lipinski definition) is 3. The Balaban J connectivity index is 2.00. The Bertz CT molecular complexity index is 425. The van der Waals surface area contributed by atoms with E-state index in [1.165, 1.54) is 24.2 Å². The molecule has 1 aliphatic carbocycles. The number of hydrogen-bond donors (Lipinski definition) is 1. The van der Waals surface area contributed by atoms with Gasteiger partial charge in [0.05, 0.1) is 0 Å². The summed E-state index contributed by atoms with van der Waals surface area (Å²) in [4.78, 5) is 37.4. The van der Waals surface area contributed by atoms with Crippen molar-refractivity contribution in [2.45, 2.75) is 52.9 Å². The van der Waals surface area contributed by atoms with Crippen LogP contribution in [0.2, 0.25) is 0 Å². The SMILES string of the molecule is CCC1CCC(CN2C(=O)NC(=O)C(C(C)C)C2=O)CC1. The van der Waals surface area contributed by atoms with Crippen LogP contribution >= 0.6 is 0 Å². The lowest BCUT2D eigenvalue weighted by Crippen LogP contribution is -2.60. The molecule has 1 unspecified atom stereocenters. The molecule has 1 saturated heterocycles. The fraction of sp³-hybridized carbons (Fsp3) is 0.812. The summed E-state index contributed by atoms with van der Waals surface area (Å²) in [7, 11) is 0. The van der Waals surface area contributed by atoms with Crippen LogP contribution in [0.15, 0.2) is 0 Å². The molecule has 0 spiro atoms. The van der Waals surface area contributed by atoms with Crippen molar-refractivity contribution < 1.29 is 14.4 Å². The van der Waals surface area contributed by atoms with Gasteiger partial charge in [-0.25, -0.2) is 4.79 Å². The Morgan fingerprint density at radius 1 is 1.10 bits per heavy atom. The van der Waals surface area contributed by atoms with Crippen molar-refractivity contribution >= 4 is 17.8 Å². The molecule has 21 heavy (non-hydrogen) atoms. The van der Waals surface area contributed by atoms with E-state index in [2.05, 4.69) is 12.2 Å². The van der Waals surface area contributed by atoms with E-state index in [9.17, 15) is 14.4 Å². The minimum atomic E-state index is -0.727. The summed E-state index contributed by atoms with van der Waals surface area (Å²) in [6.45, 7) is 6.34. The van der Waals surface area contributed by atoms with Crippen LogP contribution in [0, 0.1) is 23.7 Å². The van der Waals surface area contributed by atoms with Crippen molar-refractivity contribution in [3.63, 3.8) is 0 Å². The monoisotopic (exact) mass is 294 g/mol. The second-order valence-corrected chi connectivity index (χ2v) is 6.76. The Labute approximate surface area is 126 Å². The lowest BCUT2D eigenvalue weighted by molar-refractivity contribution is -0.145. The predicted molar refractivity (Wildman–Crippen MR) is 79.3 cm³/mol. The number of nitrogens with one attached hydrogen (secondary N) is 1. The normalized spacial score (nSPS) is 30.8. The van der Waals surface area contributed by atoms with Gasteiger partial charge in [-0.2, -0.15) is 0 Å². The average Bonchev–Trinajstić information content (AvgIpc) is 2.43. The lowest BCUT2D eigenvalue weighted by atomic mass is 9.80. The van der Waals surface area contributed by atoms with Gasteiger partial charge in [-0.3, -0.25) is 19.8 Å². The smallest absolute Gasteiger partial charge is 0.277 e. The number of urea groups is 1. The summed E-state index contributed by atoms with van der Waals surface area (Å²) in [5.74, 6) is -0.429. The second-order valence-electron chi connectivity index (χ2n) is 6.76. The highest BCUT2D eigenvalue weighted by Gasteiger charge is 2.42. The zero-order valence-electron chi connectivity index (χ0n) is 13.2. The van der Waals surface area contributed by atoms with Crippen molar-refractivity contribution in [2.75, 3.05) is 6.54 Å². The lowest BCUT2D eigenvalue weighted by Gasteiger charge is -2.36. The largest absolute Gasteiger partial charge is 0.330 e. The van der Waals surface area contributed by atoms with Gasteiger partial charge in [-0.1, -0.05) is 40.0 Å². The Hall–Kier alpha value is -1.39. The van der Waals surface area contributed by atoms with E-state index in [0.717, 1.165) is 18.8 Å². The molecule has 4 amide bonds. The van der Waals surface area contributed by atoms with E-state index in [0.29, 0.717) is 12.5 Å². The van der Waals surface area contributed by atoms with Gasteiger partial charge < -0.3 is 0 Å². The Morgan fingerprint density at radius 3 is 2.19 bits per heavy atom. The highest BCUT2D eigenvalue weighted by atomic mass is 16.2. The van der Waals surface area contributed by atoms with E-state index in [1.807, 2.05) is 13.8 Å². The van der Waals surface area contributed by atoms with Gasteiger partial charge in [-0.15, -0.1) is 0 Å². The minimum absolute atomic E-state index is 0.0936. The number of nitrogens with zero attached hydrogens (tertiary/aromatic N) is 1. The molecular formula is C16H26N2O3. The molecule has 0 bridgehead atoms. The predicted octanol–water partition coefficient (Wildman–Crippen LogP) is 2.55. The number of amides is 4. The van der Waals surface area contributed by atoms with E-state index < -0.39 is 17.9 Å². The van der Waals surface area contributed by atoms with Crippen LogP contribution < -0.4 is 5.32 Å². The van der Waals surface area contributed by atoms with Crippen LogP contribution in [-0.4, -0.2) is 29.3 Å². The molecule has 0 aromatic rings. The number of carbonyl (C=O) groups excluding carboxylic acids is 3. The molecule has 118 valence electrons. The van der Waals surface area contributed by atoms with Crippen LogP contribution in [0.5, 0.6) is 0 Å². The second kappa shape index (κ2) is 6.58. The van der Waals surface area contributed by atoms with Gasteiger partial charge in [0.25, 0.3) is 0 Å². The van der Waals surface area contributed by atoms with Gasteiger partial charge in [-0.05, 0) is 30.6 Å². The highest BCUT2D eigenvalue weighted by molar-refractivity contribution is 6.16. The average molecular weight is 294 g/mol. The van der Waals surface area contributed by atoms with Crippen molar-refractivity contribution in [3.8, 4) is 0 Å². The number of carbonyl (C=O) groups is 3. The van der Waals surface area contributed by atoms with E-state index in [-0.39, 0.29) is 11.8 Å². The number of barbiturate groups is 1. The molecule has 2 aliphatic rings. The summed E-state index contributed by atoms with van der Waals surface area (Å²) in [6.07, 6.45) is 5.69. The Morgan fingerprint density at radius 2 is 1.67 bits per heavy atom. The first-order chi connectivity index (χ1) is 9.93. The van der Waals surface area contributed by atoms with Crippen LogP contribution in [-0.2, 0) is 9.59 Å². The zero-order valence-corrected chi connectivity index (χ0v) is 13.2. The summed E-state index contributed by atoms with van der Waals surface area (Å²) < 4.78 is 0. The molecule has 1 atom stereocenters. The maximum atomic E-state index is 12.4. The first-order valence-electron chi connectivity index (χ1n) is 8.10. The third kappa shape index (κ3) is 3.44. The summed E-state index contributed by atoms with van der Waals surface area (Å²) >= 11 is 0. The zero-order chi connectivity index (χ0) is 15.6. The molecule has 1 N–H and O–H groups in total. The number of imide groups is 2. The third-order valence-corrected chi connectivity index (χ3v) is 4.94. The fourth-order valence-corrected chi connectivity index (χ4v) is 3.47. The topological polar surface area (TPSA) is 66.5 Å². The van der Waals surface area contributed by atoms with Gasteiger partial charge in [0.15, 0.2) is 0 Å². The minimum Gasteiger partial charge on any atom is -0.277 e. The van der Waals surface area contributed by atoms with Gasteiger partial charge in [0.1, 0.15) is 5.92 Å². The molecule has 5 nitrogen and oxygen atoms in total. The van der Waals surface area contributed by atoms with Crippen LogP contribution in [0.1, 0.15) is 52.9 Å². The molecule has 0 radical (unpaired) electrons. The van der Waals surface area contributed by atoms with E-state index in [1.54, 1.807) is 0 Å². The van der Waals surface area contributed by atoms with Crippen molar-refractivity contribution in [1.82, 2.24) is 10.2 Å². The van der Waals surface area contributed by atoms with Gasteiger partial charge in [0, 0.05) is 6.54 Å². The van der Waals surface area contributed by atoms with Crippen molar-refractivity contribution in [3.05, 3.63) is 0 Å². The van der Waals surface area contributed by atoms with E-state index in [4.69, 9.17) is 0 Å². The van der Waals surface area contributed by atoms with E-state index >= 15 is 0 Å². The summed E-state index contributed by atoms with van der Waals surface area (Å²) in [5.41, 5.74) is 0. The first-order valence-corrected chi connectivity index (χ1v) is 8.10.